The molecule has 0 spiro atoms. The molecule has 124 heavy (non-hydrogen) atoms. The number of halogens is 7. The smallest absolute Gasteiger partial charge is 0.234 e. The van der Waals surface area contributed by atoms with Gasteiger partial charge in [-0.1, -0.05) is 284 Å². The van der Waals surface area contributed by atoms with Crippen LogP contribution in [0.25, 0.3) is 177 Å². The van der Waals surface area contributed by atoms with E-state index in [0.29, 0.717) is 22.5 Å². The zero-order chi connectivity index (χ0) is 86.7. The molecule has 1 aliphatic rings. The molecule has 6 nitrogen and oxygen atoms in total. The van der Waals surface area contributed by atoms with E-state index in [9.17, 15) is 9.59 Å². The zero-order valence-electron chi connectivity index (χ0n) is 63.7. The molecule has 38 heteroatoms. The van der Waals surface area contributed by atoms with Gasteiger partial charge in [-0.05, 0) is 137 Å². The lowest BCUT2D eigenvalue weighted by atomic mass is 9.08. The molecule has 0 saturated carbocycles. The molecule has 1 aliphatic carbocycles. The fourth-order valence-corrected chi connectivity index (χ4v) is 180. The second-order valence-corrected chi connectivity index (χ2v) is 95.3. The van der Waals surface area contributed by atoms with Crippen molar-refractivity contribution >= 4 is 465 Å². The van der Waals surface area contributed by atoms with Gasteiger partial charge in [0, 0.05) is 172 Å². The van der Waals surface area contributed by atoms with Crippen LogP contribution in [0.15, 0.2) is 261 Å². The van der Waals surface area contributed by atoms with Crippen LogP contribution in [0.1, 0.15) is 28.1 Å². The second-order valence-electron chi connectivity index (χ2n) is 27.5. The van der Waals surface area contributed by atoms with E-state index in [1.807, 2.05) is 80.9 Å². The van der Waals surface area contributed by atoms with Crippen molar-refractivity contribution in [3.8, 4) is 52.9 Å². The minimum atomic E-state index is -0.750. The predicted molar refractivity (Wildman–Crippen MR) is 626 cm³/mol. The van der Waals surface area contributed by atoms with Crippen molar-refractivity contribution in [3.63, 3.8) is 0 Å². The molecule has 0 aliphatic heterocycles. The van der Waals surface area contributed by atoms with Gasteiger partial charge in [-0.3, -0.25) is 9.59 Å². The highest BCUT2D eigenvalue weighted by molar-refractivity contribution is 9.28. The standard InChI is InChI=1S/C42H20Br2N2S3.C28H18N2S3.C14H6Br2O2.CHCl3.CH4.B4.H17P15/c43-21-15-17-23-24-18-16-22(44)20-32(24)36-35(31(23)19-21)45-37-38(46-36)42(30-12-6-10-28-26-8-2-4-14-34(26)48-40(28)30)49-41(37)29-11-5-9-27-25-7-1-3-13-33(25)47-39(27)29;29-23-24(30)28(20-12-6-10-18-16-8-2-4-14-22(16)32-26(18)20)33-27(23)19-11-5-9-17-15-7-1-3-13-21(15)31-25(17)19;15-7-1-3-9-10-4-2-8(16)6-12(10)14(18)13(17)11(9)5-7;2-1(3)4;;1-4(2)3;1-9-13(8)15(12(6)7)14(10(2)3)11(4)5/h1-20H;1-14H,29-30H2;1-6H;1H;1H4;;9H,1-8H2. The second kappa shape index (κ2) is 42.7. The van der Waals surface area contributed by atoms with Gasteiger partial charge in [0.1, 0.15) is 11.0 Å². The summed E-state index contributed by atoms with van der Waals surface area (Å²) in [7, 11) is 39.6. The molecule has 7 heterocycles. The van der Waals surface area contributed by atoms with Crippen LogP contribution in [0.3, 0.4) is 0 Å². The lowest BCUT2D eigenvalue weighted by Gasteiger charge is -2.38. The molecule has 0 bridgehead atoms. The Balaban J connectivity index is 0.000000136. The third kappa shape index (κ3) is 20.2. The van der Waals surface area contributed by atoms with Crippen molar-refractivity contribution in [2.75, 3.05) is 11.5 Å². The summed E-state index contributed by atoms with van der Waals surface area (Å²) in [5.74, 6) is -0.895. The van der Waals surface area contributed by atoms with Gasteiger partial charge in [-0.15, -0.1) is 139 Å². The van der Waals surface area contributed by atoms with Crippen LogP contribution >= 0.6 is 288 Å². The molecule has 21 rings (SSSR count). The van der Waals surface area contributed by atoms with Gasteiger partial charge in [-0.2, -0.15) is 0 Å². The zero-order valence-corrected chi connectivity index (χ0v) is 92.9. The van der Waals surface area contributed by atoms with Gasteiger partial charge < -0.3 is 11.5 Å². The topological polar surface area (TPSA) is 112 Å². The minimum Gasteiger partial charge on any atom is -0.396 e. The van der Waals surface area contributed by atoms with Gasteiger partial charge >= 0.3 is 0 Å². The molecule has 0 amide bonds. The molecular formula is C86H66B4Br4Cl3N4O2P15S6. The van der Waals surface area contributed by atoms with Crippen molar-refractivity contribution in [2.45, 2.75) is 11.7 Å². The monoisotopic (exact) mass is 2310 g/mol. The molecule has 13 aromatic carbocycles. The average molecular weight is 2310 g/mol. The van der Waals surface area contributed by atoms with Crippen LogP contribution in [-0.4, -0.2) is 55.4 Å². The molecule has 20 aromatic rings. The van der Waals surface area contributed by atoms with E-state index in [-0.39, 0.29) is 49.4 Å². The average Bonchev–Trinajstić information content (AvgIpc) is 1.49. The Morgan fingerprint density at radius 3 is 0.919 bits per heavy atom. The van der Waals surface area contributed by atoms with Crippen molar-refractivity contribution < 1.29 is 9.59 Å². The molecule has 11 unspecified atom stereocenters. The van der Waals surface area contributed by atoms with E-state index in [0.717, 1.165) is 100 Å². The molecule has 614 valence electrons. The highest BCUT2D eigenvalue weighted by atomic mass is 79.9. The van der Waals surface area contributed by atoms with Gasteiger partial charge in [0.05, 0.1) is 41.9 Å². The maximum absolute atomic E-state index is 12.1. The number of anilines is 2. The van der Waals surface area contributed by atoms with Crippen LogP contribution in [0, 0.1) is 0 Å². The number of benzene rings is 13. The first-order chi connectivity index (χ1) is 59.2. The molecule has 11 atom stereocenters. The first kappa shape index (κ1) is 97.2. The number of ketones is 2. The highest BCUT2D eigenvalue weighted by Crippen LogP contribution is 3.22. The summed E-state index contributed by atoms with van der Waals surface area (Å²) < 4.78 is 13.2. The first-order valence-electron chi connectivity index (χ1n) is 36.8. The number of nitrogens with two attached hydrogens (primary N) is 2. The maximum atomic E-state index is 12.1. The van der Waals surface area contributed by atoms with E-state index in [1.54, 1.807) is 23.5 Å². The molecule has 0 saturated heterocycles. The van der Waals surface area contributed by atoms with E-state index in [1.165, 1.54) is 103 Å². The number of hydrogen-bond donors (Lipinski definition) is 2. The van der Waals surface area contributed by atoms with Crippen LogP contribution < -0.4 is 11.5 Å². The number of rotatable bonds is 10. The molecule has 6 radical (unpaired) electrons. The Morgan fingerprint density at radius 2 is 0.613 bits per heavy atom. The number of Topliss-reactive ketones (excluding diaryl/α,β-unsaturated/α-hetero) is 2. The SMILES string of the molecule is Brc1ccc2c3ccc(Br)cc3c3nc4c(-c5cccc6c5sc5ccccc56)sc(-c5cccc6c5sc5ccccc56)c4nc3c2c1.C.ClC(Cl)Cl.Nc1c(-c2cccc3c2sc2ccccc23)sc(-c2cccc3c2sc2ccccc23)c1N.O=C1C(=O)c2cc(Br)ccc2-c2ccc(Br)cc21.PPP(P)P(P(P)P)P(P(P)P)P(P)P.[B]B([B])[B]. The minimum absolute atomic E-state index is 0. The van der Waals surface area contributed by atoms with Gasteiger partial charge in [0.15, 0.2) is 4.30 Å². The molecular weight excluding hydrogens is 2250 g/mol. The fraction of sp³-hybridized carbons (Fsp3) is 0.0233. The number of hydrogen-bond acceptors (Lipinski definition) is 12. The summed E-state index contributed by atoms with van der Waals surface area (Å²) in [4.78, 5) is 39.8. The van der Waals surface area contributed by atoms with Crippen molar-refractivity contribution in [2.24, 2.45) is 0 Å². The quantitative estimate of drug-likeness (QED) is 0.0464. The van der Waals surface area contributed by atoms with Crippen LogP contribution in [-0.2, 0) is 0 Å². The van der Waals surface area contributed by atoms with Gasteiger partial charge in [-0.25, -0.2) is 9.97 Å². The summed E-state index contributed by atoms with van der Waals surface area (Å²) in [5.41, 5.74) is 25.7. The largest absolute Gasteiger partial charge is 0.396 e. The summed E-state index contributed by atoms with van der Waals surface area (Å²) in [5, 5.41) is 14.8. The number of carbonyl (C=O) groups is 2. The normalized spacial score (nSPS) is 12.5. The number of nitrogens with zero attached hydrogens (tertiary/aromatic N) is 2. The summed E-state index contributed by atoms with van der Waals surface area (Å²) in [6, 6.07) is 84.9. The number of alkyl halides is 3. The third-order valence-corrected chi connectivity index (χ3v) is 118. The Hall–Kier alpha value is -1.30. The van der Waals surface area contributed by atoms with Crippen molar-refractivity contribution in [1.82, 2.24) is 9.97 Å². The van der Waals surface area contributed by atoms with Gasteiger partial charge in [0.2, 0.25) is 11.6 Å². The third-order valence-electron chi connectivity index (χ3n) is 19.9. The fourth-order valence-electron chi connectivity index (χ4n) is 14.9. The first-order valence-corrected chi connectivity index (χ1v) is 72.7. The molecule has 0 fully saturated rings. The van der Waals surface area contributed by atoms with E-state index in [4.69, 9.17) is 56.2 Å². The van der Waals surface area contributed by atoms with Crippen molar-refractivity contribution in [3.05, 3.63) is 272 Å². The summed E-state index contributed by atoms with van der Waals surface area (Å²) in [6.07, 6.45) is -0.667. The Morgan fingerprint density at radius 1 is 0.339 bits per heavy atom. The number of nitrogen functional groups attached to an aromatic ring is 2. The van der Waals surface area contributed by atoms with Gasteiger partial charge in [0.25, 0.3) is 0 Å². The summed E-state index contributed by atoms with van der Waals surface area (Å²) >= 11 is 39.5. The Kier molecular flexibility index (Phi) is 33.5. The van der Waals surface area contributed by atoms with E-state index < -0.39 is 22.2 Å². The van der Waals surface area contributed by atoms with Crippen LogP contribution in [0.2, 0.25) is 0 Å². The molecule has 4 N–H and O–H groups in total. The van der Waals surface area contributed by atoms with E-state index >= 15 is 0 Å². The van der Waals surface area contributed by atoms with Crippen LogP contribution in [0.4, 0.5) is 11.4 Å². The van der Waals surface area contributed by atoms with E-state index in [2.05, 4.69) is 365 Å². The maximum Gasteiger partial charge on any atom is 0.234 e. The van der Waals surface area contributed by atoms with Crippen LogP contribution in [0.5, 0.6) is 0 Å². The van der Waals surface area contributed by atoms with Crippen molar-refractivity contribution in [1.29, 1.82) is 0 Å². The molecule has 7 aromatic heterocycles. The summed E-state index contributed by atoms with van der Waals surface area (Å²) in [6.45, 7) is 0.887. The number of aromatic nitrogens is 2. The number of thiophene rings is 6. The Labute approximate surface area is 821 Å². The predicted octanol–water partition coefficient (Wildman–Crippen LogP) is 37.5. The number of carbonyl (C=O) groups excluding carboxylic acids is 2. The number of fused-ring (bicyclic) bond motifs is 22. The Bertz CT molecular complexity index is 7140. The highest BCUT2D eigenvalue weighted by Gasteiger charge is 2.35. The lowest BCUT2D eigenvalue weighted by molar-refractivity contribution is 0.0815. The lowest BCUT2D eigenvalue weighted by Crippen LogP contribution is -2.21.